The van der Waals surface area contributed by atoms with Gasteiger partial charge >= 0.3 is 0 Å². The summed E-state index contributed by atoms with van der Waals surface area (Å²) in [5.74, 6) is 0. The smallest absolute Gasteiger partial charge is 0.0429 e. The highest BCUT2D eigenvalue weighted by atomic mass is 35.5. The van der Waals surface area contributed by atoms with Crippen molar-refractivity contribution in [2.24, 2.45) is 0 Å². The molecule has 2 nitrogen and oxygen atoms in total. The van der Waals surface area contributed by atoms with Crippen molar-refractivity contribution in [3.05, 3.63) is 28.3 Å². The number of rotatable bonds is 1. The molecule has 0 atom stereocenters. The Bertz CT molecular complexity index is 271. The highest BCUT2D eigenvalue weighted by molar-refractivity contribution is 6.31. The van der Waals surface area contributed by atoms with Crippen LogP contribution in [0.25, 0.3) is 0 Å². The second kappa shape index (κ2) is 2.93. The Morgan fingerprint density at radius 2 is 2.18 bits per heavy atom. The van der Waals surface area contributed by atoms with Crippen LogP contribution >= 0.6 is 11.6 Å². The molecule has 3 N–H and O–H groups in total. The largest absolute Gasteiger partial charge is 0.398 e. The molecule has 1 aromatic rings. The normalized spacial score (nSPS) is 9.64. The van der Waals surface area contributed by atoms with E-state index in [1.807, 2.05) is 6.92 Å². The van der Waals surface area contributed by atoms with Gasteiger partial charge in [0.25, 0.3) is 0 Å². The van der Waals surface area contributed by atoms with Crippen LogP contribution in [0, 0.1) is 12.3 Å². The number of anilines is 1. The van der Waals surface area contributed by atoms with Gasteiger partial charge in [-0.25, -0.2) is 0 Å². The van der Waals surface area contributed by atoms with Crippen molar-refractivity contribution < 1.29 is 0 Å². The fourth-order valence-corrected chi connectivity index (χ4v) is 1.26. The predicted octanol–water partition coefficient (Wildman–Crippen LogP) is 2.23. The summed E-state index contributed by atoms with van der Waals surface area (Å²) in [6.45, 7) is 1.88. The molecular formula is C8H9ClN2. The summed E-state index contributed by atoms with van der Waals surface area (Å²) >= 11 is 5.72. The Morgan fingerprint density at radius 1 is 1.55 bits per heavy atom. The van der Waals surface area contributed by atoms with Gasteiger partial charge in [-0.15, -0.1) is 0 Å². The van der Waals surface area contributed by atoms with Crippen LogP contribution in [0.2, 0.25) is 5.02 Å². The van der Waals surface area contributed by atoms with Crippen molar-refractivity contribution in [3.8, 4) is 0 Å². The number of benzene rings is 1. The Labute approximate surface area is 70.5 Å². The molecule has 0 saturated heterocycles. The zero-order chi connectivity index (χ0) is 8.43. The summed E-state index contributed by atoms with van der Waals surface area (Å²) in [6.07, 6.45) is 1.24. The molecule has 0 spiro atoms. The Morgan fingerprint density at radius 3 is 2.64 bits per heavy atom. The quantitative estimate of drug-likeness (QED) is 0.490. The van der Waals surface area contributed by atoms with E-state index in [4.69, 9.17) is 22.7 Å². The molecule has 0 bridgehead atoms. The zero-order valence-electron chi connectivity index (χ0n) is 6.19. The van der Waals surface area contributed by atoms with E-state index in [-0.39, 0.29) is 0 Å². The van der Waals surface area contributed by atoms with Gasteiger partial charge in [0.15, 0.2) is 0 Å². The van der Waals surface area contributed by atoms with Crippen molar-refractivity contribution in [2.45, 2.75) is 6.92 Å². The lowest BCUT2D eigenvalue weighted by molar-refractivity contribution is 1.43. The van der Waals surface area contributed by atoms with Crippen molar-refractivity contribution in [1.29, 1.82) is 5.41 Å². The van der Waals surface area contributed by atoms with Gasteiger partial charge < -0.3 is 11.1 Å². The van der Waals surface area contributed by atoms with Crippen LogP contribution < -0.4 is 5.73 Å². The first kappa shape index (κ1) is 8.08. The van der Waals surface area contributed by atoms with Crippen molar-refractivity contribution in [3.63, 3.8) is 0 Å². The molecule has 0 aromatic heterocycles. The van der Waals surface area contributed by atoms with Crippen molar-refractivity contribution >= 4 is 23.5 Å². The lowest BCUT2D eigenvalue weighted by Gasteiger charge is -2.03. The van der Waals surface area contributed by atoms with Crippen LogP contribution in [0.3, 0.4) is 0 Å². The molecule has 0 saturated carbocycles. The molecule has 3 heteroatoms. The van der Waals surface area contributed by atoms with E-state index in [1.54, 1.807) is 12.1 Å². The maximum absolute atomic E-state index is 7.05. The van der Waals surface area contributed by atoms with Crippen molar-refractivity contribution in [2.75, 3.05) is 5.73 Å². The van der Waals surface area contributed by atoms with Gasteiger partial charge in [-0.3, -0.25) is 0 Å². The first-order valence-electron chi connectivity index (χ1n) is 3.21. The van der Waals surface area contributed by atoms with Gasteiger partial charge in [-0.2, -0.15) is 0 Å². The molecule has 1 aromatic carbocycles. The van der Waals surface area contributed by atoms with Crippen LogP contribution in [-0.2, 0) is 0 Å². The molecule has 0 aliphatic rings. The van der Waals surface area contributed by atoms with Crippen LogP contribution in [0.4, 0.5) is 5.69 Å². The standard InChI is InChI=1S/C8H9ClN2/c1-5-2-6(9)3-8(11)7(5)4-10/h2-4,10H,11H2,1H3. The van der Waals surface area contributed by atoms with E-state index in [2.05, 4.69) is 0 Å². The molecule has 1 rings (SSSR count). The van der Waals surface area contributed by atoms with E-state index in [9.17, 15) is 0 Å². The van der Waals surface area contributed by atoms with Gasteiger partial charge in [0, 0.05) is 22.5 Å². The number of halogens is 1. The molecule has 11 heavy (non-hydrogen) atoms. The minimum Gasteiger partial charge on any atom is -0.398 e. The maximum Gasteiger partial charge on any atom is 0.0429 e. The maximum atomic E-state index is 7.05. The Kier molecular flexibility index (Phi) is 2.15. The molecule has 0 unspecified atom stereocenters. The third-order valence-electron chi connectivity index (χ3n) is 1.53. The zero-order valence-corrected chi connectivity index (χ0v) is 6.94. The second-order valence-electron chi connectivity index (χ2n) is 2.37. The highest BCUT2D eigenvalue weighted by Crippen LogP contribution is 2.20. The number of hydrogen-bond acceptors (Lipinski definition) is 2. The van der Waals surface area contributed by atoms with Crippen LogP contribution in [0.1, 0.15) is 11.1 Å². The van der Waals surface area contributed by atoms with Gasteiger partial charge in [-0.1, -0.05) is 11.6 Å². The molecule has 0 aliphatic carbocycles. The van der Waals surface area contributed by atoms with Gasteiger partial charge in [0.05, 0.1) is 0 Å². The summed E-state index contributed by atoms with van der Waals surface area (Å²) in [5, 5.41) is 7.66. The third-order valence-corrected chi connectivity index (χ3v) is 1.75. The fourth-order valence-electron chi connectivity index (χ4n) is 0.977. The summed E-state index contributed by atoms with van der Waals surface area (Å²) in [5.41, 5.74) is 7.84. The summed E-state index contributed by atoms with van der Waals surface area (Å²) in [7, 11) is 0. The number of nitrogens with two attached hydrogens (primary N) is 1. The highest BCUT2D eigenvalue weighted by Gasteiger charge is 2.00. The van der Waals surface area contributed by atoms with E-state index in [0.29, 0.717) is 10.7 Å². The van der Waals surface area contributed by atoms with Crippen LogP contribution in [-0.4, -0.2) is 6.21 Å². The fraction of sp³-hybridized carbons (Fsp3) is 0.125. The minimum absolute atomic E-state index is 0.560. The molecular weight excluding hydrogens is 160 g/mol. The topological polar surface area (TPSA) is 49.9 Å². The van der Waals surface area contributed by atoms with Crippen molar-refractivity contribution in [1.82, 2.24) is 0 Å². The average molecular weight is 169 g/mol. The second-order valence-corrected chi connectivity index (χ2v) is 2.81. The monoisotopic (exact) mass is 168 g/mol. The van der Waals surface area contributed by atoms with Crippen LogP contribution in [0.15, 0.2) is 12.1 Å². The Hall–Kier alpha value is -1.02. The van der Waals surface area contributed by atoms with Gasteiger partial charge in [-0.05, 0) is 24.6 Å². The lowest BCUT2D eigenvalue weighted by Crippen LogP contribution is -1.95. The molecule has 0 heterocycles. The number of nitrogens with one attached hydrogen (secondary N) is 1. The first-order chi connectivity index (χ1) is 5.15. The van der Waals surface area contributed by atoms with E-state index < -0.39 is 0 Å². The predicted molar refractivity (Wildman–Crippen MR) is 48.5 cm³/mol. The Balaban J connectivity index is 3.36. The SMILES string of the molecule is Cc1cc(Cl)cc(N)c1C=N. The lowest BCUT2D eigenvalue weighted by atomic mass is 10.1. The number of nitrogen functional groups attached to an aromatic ring is 1. The van der Waals surface area contributed by atoms with E-state index in [0.717, 1.165) is 11.1 Å². The van der Waals surface area contributed by atoms with Gasteiger partial charge in [0.2, 0.25) is 0 Å². The molecule has 58 valence electrons. The van der Waals surface area contributed by atoms with E-state index in [1.165, 1.54) is 6.21 Å². The van der Waals surface area contributed by atoms with Gasteiger partial charge in [0.1, 0.15) is 0 Å². The summed E-state index contributed by atoms with van der Waals surface area (Å²) in [6, 6.07) is 3.44. The number of hydrogen-bond donors (Lipinski definition) is 2. The average Bonchev–Trinajstić information content (AvgIpc) is 1.85. The minimum atomic E-state index is 0.560. The number of aryl methyl sites for hydroxylation is 1. The first-order valence-corrected chi connectivity index (χ1v) is 3.59. The summed E-state index contributed by atoms with van der Waals surface area (Å²) in [4.78, 5) is 0. The summed E-state index contributed by atoms with van der Waals surface area (Å²) < 4.78 is 0. The molecule has 0 radical (unpaired) electrons. The van der Waals surface area contributed by atoms with Crippen LogP contribution in [0.5, 0.6) is 0 Å². The molecule has 0 aliphatic heterocycles. The molecule has 0 fully saturated rings. The third kappa shape index (κ3) is 1.52. The molecule has 0 amide bonds. The van der Waals surface area contributed by atoms with E-state index >= 15 is 0 Å².